The first-order valence-electron chi connectivity index (χ1n) is 8.82. The molecule has 0 saturated carbocycles. The van der Waals surface area contributed by atoms with Gasteiger partial charge in [-0.05, 0) is 38.1 Å². The Kier molecular flexibility index (Phi) is 4.32. The Morgan fingerprint density at radius 2 is 0.964 bits per heavy atom. The molecule has 2 aromatic carbocycles. The smallest absolute Gasteiger partial charge is 0.266 e. The minimum Gasteiger partial charge on any atom is -0.266 e. The fourth-order valence-electron chi connectivity index (χ4n) is 3.16. The summed E-state index contributed by atoms with van der Waals surface area (Å²) in [5.74, 6) is 11.8. The third kappa shape index (κ3) is 2.88. The second-order valence-corrected chi connectivity index (χ2v) is 6.39. The highest BCUT2D eigenvalue weighted by atomic mass is 16.2. The predicted octanol–water partition coefficient (Wildman–Crippen LogP) is 2.61. The van der Waals surface area contributed by atoms with Crippen molar-refractivity contribution < 1.29 is 0 Å². The summed E-state index contributed by atoms with van der Waals surface area (Å²) in [4.78, 5) is 25.6. The van der Waals surface area contributed by atoms with Crippen molar-refractivity contribution in [3.05, 3.63) is 115 Å². The van der Waals surface area contributed by atoms with Gasteiger partial charge in [0.05, 0.1) is 11.4 Å². The molecule has 2 aromatic heterocycles. The Bertz CT molecular complexity index is 1300. The van der Waals surface area contributed by atoms with Crippen molar-refractivity contribution in [2.75, 3.05) is 0 Å². The molecule has 0 N–H and O–H groups in total. The molecule has 4 aromatic rings. The van der Waals surface area contributed by atoms with Gasteiger partial charge >= 0.3 is 0 Å². The number of benzene rings is 2. The van der Waals surface area contributed by atoms with Gasteiger partial charge in [0.2, 0.25) is 0 Å². The Morgan fingerprint density at radius 3 is 1.32 bits per heavy atom. The molecule has 0 radical (unpaired) electrons. The molecule has 0 spiro atoms. The van der Waals surface area contributed by atoms with Crippen molar-refractivity contribution in [3.8, 4) is 23.7 Å². The second-order valence-electron chi connectivity index (χ2n) is 6.39. The van der Waals surface area contributed by atoms with Crippen LogP contribution < -0.4 is 11.1 Å². The van der Waals surface area contributed by atoms with E-state index in [0.717, 1.165) is 15.6 Å². The van der Waals surface area contributed by atoms with Gasteiger partial charge in [-0.2, -0.15) is 4.52 Å². The molecule has 4 heteroatoms. The lowest BCUT2D eigenvalue weighted by Crippen LogP contribution is -2.23. The van der Waals surface area contributed by atoms with Gasteiger partial charge < -0.3 is 0 Å². The highest BCUT2D eigenvalue weighted by molar-refractivity contribution is 5.48. The Hall–Kier alpha value is -4.02. The minimum atomic E-state index is -0.415. The van der Waals surface area contributed by atoms with E-state index in [-0.39, 0.29) is 0 Å². The number of rotatable bonds is 0. The van der Waals surface area contributed by atoms with Crippen molar-refractivity contribution >= 4 is 0 Å². The second kappa shape index (κ2) is 6.95. The molecule has 4 rings (SSSR count). The van der Waals surface area contributed by atoms with Crippen LogP contribution in [0.2, 0.25) is 0 Å². The largest absolute Gasteiger partial charge is 0.290 e. The van der Waals surface area contributed by atoms with Crippen molar-refractivity contribution in [2.45, 2.75) is 13.8 Å². The molecule has 0 aliphatic heterocycles. The van der Waals surface area contributed by atoms with Crippen LogP contribution >= 0.6 is 0 Å². The van der Waals surface area contributed by atoms with E-state index in [1.807, 2.05) is 60.7 Å². The SMILES string of the molecule is Cc1c(C#Cc2ccccc2)c(=O)n2c(=O)c(C#Cc3ccccc3)c(C)n12. The molecule has 0 amide bonds. The van der Waals surface area contributed by atoms with Crippen molar-refractivity contribution in [1.82, 2.24) is 9.03 Å². The number of fused-ring (bicyclic) bond motifs is 1. The molecule has 0 unspecified atom stereocenters. The van der Waals surface area contributed by atoms with E-state index in [1.165, 1.54) is 0 Å². The van der Waals surface area contributed by atoms with Crippen LogP contribution in [0.25, 0.3) is 0 Å². The van der Waals surface area contributed by atoms with E-state index in [9.17, 15) is 9.59 Å². The molecular formula is C24H16N2O2. The fraction of sp³-hybridized carbons (Fsp3) is 0.0833. The zero-order chi connectivity index (χ0) is 19.7. The number of hydrogen-bond donors (Lipinski definition) is 0. The maximum absolute atomic E-state index is 12.8. The van der Waals surface area contributed by atoms with E-state index in [4.69, 9.17) is 0 Å². The third-order valence-electron chi connectivity index (χ3n) is 4.58. The first-order chi connectivity index (χ1) is 13.6. The van der Waals surface area contributed by atoms with Crippen LogP contribution in [0.5, 0.6) is 0 Å². The highest BCUT2D eigenvalue weighted by Crippen LogP contribution is 2.09. The van der Waals surface area contributed by atoms with Gasteiger partial charge in [-0.15, -0.1) is 0 Å². The normalized spacial score (nSPS) is 10.2. The first-order valence-corrected chi connectivity index (χ1v) is 8.82. The fourth-order valence-corrected chi connectivity index (χ4v) is 3.16. The van der Waals surface area contributed by atoms with E-state index in [1.54, 1.807) is 18.4 Å². The predicted molar refractivity (Wildman–Crippen MR) is 109 cm³/mol. The van der Waals surface area contributed by atoms with Crippen molar-refractivity contribution in [3.63, 3.8) is 0 Å². The lowest BCUT2D eigenvalue weighted by atomic mass is 10.2. The standard InChI is InChI=1S/C24H16N2O2/c1-17-21(15-13-19-9-5-3-6-10-19)23(27)26-24(28)22(18(2)25(17)26)16-14-20-11-7-4-8-12-20/h3-12H,1-2H3. The van der Waals surface area contributed by atoms with Gasteiger partial charge in [0.15, 0.2) is 0 Å². The van der Waals surface area contributed by atoms with Crippen LogP contribution in [0.15, 0.2) is 70.3 Å². The molecular weight excluding hydrogens is 348 g/mol. The van der Waals surface area contributed by atoms with Gasteiger partial charge in [-0.3, -0.25) is 9.59 Å². The number of aryl methyl sites for hydroxylation is 2. The number of nitrogens with zero attached hydrogens (tertiary/aromatic N) is 2. The summed E-state index contributed by atoms with van der Waals surface area (Å²) in [5, 5.41) is 0. The summed E-state index contributed by atoms with van der Waals surface area (Å²) in [6, 6.07) is 18.8. The molecule has 134 valence electrons. The molecule has 2 heterocycles. The van der Waals surface area contributed by atoms with E-state index < -0.39 is 11.1 Å². The summed E-state index contributed by atoms with van der Waals surface area (Å²) >= 11 is 0. The van der Waals surface area contributed by atoms with Crippen LogP contribution in [0.3, 0.4) is 0 Å². The van der Waals surface area contributed by atoms with Crippen LogP contribution in [0, 0.1) is 37.5 Å². The van der Waals surface area contributed by atoms with Crippen LogP contribution in [-0.2, 0) is 0 Å². The molecule has 0 atom stereocenters. The van der Waals surface area contributed by atoms with Gasteiger partial charge in [0.25, 0.3) is 11.1 Å². The average molecular weight is 364 g/mol. The molecule has 0 bridgehead atoms. The molecule has 4 nitrogen and oxygen atoms in total. The molecule has 0 saturated heterocycles. The number of aromatic nitrogens is 2. The lowest BCUT2D eigenvalue weighted by molar-refractivity contribution is 0.768. The highest BCUT2D eigenvalue weighted by Gasteiger charge is 2.20. The molecule has 0 fully saturated rings. The maximum Gasteiger partial charge on any atom is 0.290 e. The molecule has 28 heavy (non-hydrogen) atoms. The van der Waals surface area contributed by atoms with E-state index in [0.29, 0.717) is 22.5 Å². The summed E-state index contributed by atoms with van der Waals surface area (Å²) < 4.78 is 2.73. The number of hydrogen-bond acceptors (Lipinski definition) is 2. The summed E-state index contributed by atoms with van der Waals surface area (Å²) in [7, 11) is 0. The molecule has 0 aliphatic rings. The lowest BCUT2D eigenvalue weighted by Gasteiger charge is -1.95. The first kappa shape index (κ1) is 17.4. The Morgan fingerprint density at radius 1 is 0.571 bits per heavy atom. The van der Waals surface area contributed by atoms with Crippen LogP contribution in [-0.4, -0.2) is 9.03 Å². The zero-order valence-electron chi connectivity index (χ0n) is 15.5. The monoisotopic (exact) mass is 364 g/mol. The van der Waals surface area contributed by atoms with Crippen molar-refractivity contribution in [1.29, 1.82) is 0 Å². The van der Waals surface area contributed by atoms with E-state index in [2.05, 4.69) is 23.7 Å². The quantitative estimate of drug-likeness (QED) is 0.450. The van der Waals surface area contributed by atoms with Gasteiger partial charge in [-0.1, -0.05) is 60.1 Å². The van der Waals surface area contributed by atoms with Gasteiger partial charge in [-0.25, -0.2) is 4.52 Å². The Labute approximate surface area is 162 Å². The summed E-state index contributed by atoms with van der Waals surface area (Å²) in [6.45, 7) is 3.58. The van der Waals surface area contributed by atoms with Crippen molar-refractivity contribution in [2.24, 2.45) is 0 Å². The molecule has 0 aliphatic carbocycles. The van der Waals surface area contributed by atoms with Crippen LogP contribution in [0.1, 0.15) is 33.6 Å². The topological polar surface area (TPSA) is 43.0 Å². The summed E-state index contributed by atoms with van der Waals surface area (Å²) in [5.41, 5.74) is 2.71. The minimum absolute atomic E-state index is 0.326. The van der Waals surface area contributed by atoms with E-state index >= 15 is 0 Å². The zero-order valence-corrected chi connectivity index (χ0v) is 15.5. The summed E-state index contributed by atoms with van der Waals surface area (Å²) in [6.07, 6.45) is 0. The average Bonchev–Trinajstić information content (AvgIpc) is 3.12. The Balaban J connectivity index is 1.86. The van der Waals surface area contributed by atoms with Gasteiger partial charge in [0, 0.05) is 11.1 Å². The van der Waals surface area contributed by atoms with Crippen LogP contribution in [0.4, 0.5) is 0 Å². The van der Waals surface area contributed by atoms with Gasteiger partial charge in [0.1, 0.15) is 11.1 Å². The maximum atomic E-state index is 12.8. The third-order valence-corrected chi connectivity index (χ3v) is 4.58.